The molecule has 2 aromatic heterocycles. The number of aromatic nitrogens is 4. The molecular formula is C6H3ClN4O3. The highest BCUT2D eigenvalue weighted by atomic mass is 35.5. The largest absolute Gasteiger partial charge is 0.463 e. The van der Waals surface area contributed by atoms with Crippen LogP contribution in [0.25, 0.3) is 5.65 Å². The van der Waals surface area contributed by atoms with E-state index in [1.807, 2.05) is 0 Å². The molecular weight excluding hydrogens is 212 g/mol. The molecule has 0 unspecified atom stereocenters. The van der Waals surface area contributed by atoms with E-state index in [1.54, 1.807) is 0 Å². The van der Waals surface area contributed by atoms with Crippen LogP contribution in [0, 0.1) is 0 Å². The van der Waals surface area contributed by atoms with E-state index in [0.29, 0.717) is 4.68 Å². The number of fused-ring (bicyclic) bond motifs is 1. The average Bonchev–Trinajstić information content (AvgIpc) is 2.44. The fourth-order valence-electron chi connectivity index (χ4n) is 0.970. The molecule has 0 aromatic carbocycles. The van der Waals surface area contributed by atoms with Crippen LogP contribution in [-0.4, -0.2) is 30.6 Å². The lowest BCUT2D eigenvalue weighted by Crippen LogP contribution is -2.27. The molecule has 2 rings (SSSR count). The van der Waals surface area contributed by atoms with Gasteiger partial charge in [0, 0.05) is 0 Å². The maximum atomic E-state index is 11.3. The number of carbonyl (C=O) groups is 1. The number of hydrogen-bond donors (Lipinski definition) is 1. The maximum Gasteiger partial charge on any atom is 0.436 e. The number of carboxylic acid groups (broad SMARTS) is 1. The highest BCUT2D eigenvalue weighted by Gasteiger charge is 2.12. The fraction of sp³-hybridized carbons (Fsp3) is 0. The van der Waals surface area contributed by atoms with Crippen molar-refractivity contribution in [2.75, 3.05) is 0 Å². The molecule has 7 nitrogen and oxygen atoms in total. The Bertz CT molecular complexity index is 572. The Balaban J connectivity index is 2.88. The fourth-order valence-corrected chi connectivity index (χ4v) is 1.11. The van der Waals surface area contributed by atoms with E-state index in [-0.39, 0.29) is 10.8 Å². The second-order valence-corrected chi connectivity index (χ2v) is 2.79. The molecule has 8 heteroatoms. The molecule has 0 amide bonds. The van der Waals surface area contributed by atoms with E-state index < -0.39 is 11.8 Å². The third-order valence-electron chi connectivity index (χ3n) is 1.53. The van der Waals surface area contributed by atoms with Crippen LogP contribution in [0.15, 0.2) is 16.9 Å². The van der Waals surface area contributed by atoms with E-state index >= 15 is 0 Å². The second kappa shape index (κ2) is 2.81. The van der Waals surface area contributed by atoms with Gasteiger partial charge in [0.2, 0.25) is 0 Å². The minimum absolute atomic E-state index is 0.0875. The molecule has 0 aliphatic heterocycles. The predicted octanol–water partition coefficient (Wildman–Crippen LogP) is 0.0705. The molecule has 72 valence electrons. The smallest absolute Gasteiger partial charge is 0.436 e. The summed E-state index contributed by atoms with van der Waals surface area (Å²) in [6.07, 6.45) is -1.46. The van der Waals surface area contributed by atoms with Crippen molar-refractivity contribution >= 4 is 23.3 Å². The van der Waals surface area contributed by atoms with Crippen LogP contribution >= 0.6 is 11.6 Å². The standard InChI is InChI=1S/C6H3ClN4O3/c7-3-1-2-4-9-11(6(13)14)5(12)10(4)8-3/h1-2H,(H,13,14). The summed E-state index contributed by atoms with van der Waals surface area (Å²) in [6.45, 7) is 0. The van der Waals surface area contributed by atoms with Crippen LogP contribution in [-0.2, 0) is 0 Å². The first-order chi connectivity index (χ1) is 6.59. The molecule has 0 spiro atoms. The number of halogens is 1. The van der Waals surface area contributed by atoms with E-state index in [2.05, 4.69) is 10.2 Å². The van der Waals surface area contributed by atoms with Crippen LogP contribution in [0.2, 0.25) is 5.15 Å². The molecule has 0 radical (unpaired) electrons. The lowest BCUT2D eigenvalue weighted by atomic mass is 10.6. The van der Waals surface area contributed by atoms with Gasteiger partial charge in [-0.3, -0.25) is 0 Å². The monoisotopic (exact) mass is 214 g/mol. The van der Waals surface area contributed by atoms with Gasteiger partial charge in [-0.25, -0.2) is 9.59 Å². The number of hydrogen-bond acceptors (Lipinski definition) is 4. The summed E-state index contributed by atoms with van der Waals surface area (Å²) >= 11 is 5.52. The molecule has 0 bridgehead atoms. The quantitative estimate of drug-likeness (QED) is 0.670. The zero-order valence-corrected chi connectivity index (χ0v) is 7.34. The zero-order valence-electron chi connectivity index (χ0n) is 6.59. The Morgan fingerprint density at radius 3 is 2.79 bits per heavy atom. The zero-order chi connectivity index (χ0) is 10.3. The molecule has 14 heavy (non-hydrogen) atoms. The van der Waals surface area contributed by atoms with Crippen molar-refractivity contribution in [3.8, 4) is 0 Å². The van der Waals surface area contributed by atoms with Crippen molar-refractivity contribution in [3.63, 3.8) is 0 Å². The van der Waals surface area contributed by atoms with Crippen molar-refractivity contribution in [1.82, 2.24) is 19.4 Å². The summed E-state index contributed by atoms with van der Waals surface area (Å²) in [4.78, 5) is 21.8. The first-order valence-electron chi connectivity index (χ1n) is 3.47. The van der Waals surface area contributed by atoms with Gasteiger partial charge < -0.3 is 5.11 Å². The molecule has 0 saturated carbocycles. The van der Waals surface area contributed by atoms with Crippen LogP contribution in [0.1, 0.15) is 0 Å². The van der Waals surface area contributed by atoms with Crippen molar-refractivity contribution in [1.29, 1.82) is 0 Å². The van der Waals surface area contributed by atoms with Crippen LogP contribution in [0.4, 0.5) is 4.79 Å². The predicted molar refractivity (Wildman–Crippen MR) is 45.7 cm³/mol. The first-order valence-corrected chi connectivity index (χ1v) is 3.85. The number of nitrogens with zero attached hydrogens (tertiary/aromatic N) is 4. The van der Waals surface area contributed by atoms with Crippen molar-refractivity contribution in [2.24, 2.45) is 0 Å². The SMILES string of the molecule is O=C(O)n1nc2ccc(Cl)nn2c1=O. The lowest BCUT2D eigenvalue weighted by Gasteiger charge is -1.87. The van der Waals surface area contributed by atoms with Gasteiger partial charge in [0.15, 0.2) is 5.65 Å². The van der Waals surface area contributed by atoms with E-state index in [4.69, 9.17) is 16.7 Å². The first kappa shape index (κ1) is 8.70. The summed E-state index contributed by atoms with van der Waals surface area (Å²) in [7, 11) is 0. The Hall–Kier alpha value is -1.89. The van der Waals surface area contributed by atoms with Gasteiger partial charge in [-0.05, 0) is 12.1 Å². The Labute approximate surface area is 81.1 Å². The van der Waals surface area contributed by atoms with Crippen LogP contribution in [0.3, 0.4) is 0 Å². The van der Waals surface area contributed by atoms with Crippen molar-refractivity contribution < 1.29 is 9.90 Å². The van der Waals surface area contributed by atoms with Gasteiger partial charge in [-0.2, -0.15) is 4.52 Å². The third kappa shape index (κ3) is 1.14. The normalized spacial score (nSPS) is 10.6. The highest BCUT2D eigenvalue weighted by Crippen LogP contribution is 2.02. The van der Waals surface area contributed by atoms with Gasteiger partial charge >= 0.3 is 11.8 Å². The molecule has 2 heterocycles. The minimum Gasteiger partial charge on any atom is -0.463 e. The topological polar surface area (TPSA) is 89.5 Å². The molecule has 1 N–H and O–H groups in total. The Morgan fingerprint density at radius 1 is 1.43 bits per heavy atom. The van der Waals surface area contributed by atoms with Crippen LogP contribution in [0.5, 0.6) is 0 Å². The van der Waals surface area contributed by atoms with Gasteiger partial charge in [0.05, 0.1) is 0 Å². The molecule has 0 fully saturated rings. The third-order valence-corrected chi connectivity index (χ3v) is 1.73. The Morgan fingerprint density at radius 2 is 2.14 bits per heavy atom. The van der Waals surface area contributed by atoms with Gasteiger partial charge in [-0.1, -0.05) is 11.6 Å². The van der Waals surface area contributed by atoms with Gasteiger partial charge in [-0.15, -0.1) is 14.9 Å². The van der Waals surface area contributed by atoms with Gasteiger partial charge in [0.25, 0.3) is 0 Å². The Kier molecular flexibility index (Phi) is 1.74. The van der Waals surface area contributed by atoms with Gasteiger partial charge in [0.1, 0.15) is 5.15 Å². The molecule has 0 aliphatic carbocycles. The minimum atomic E-state index is -1.46. The van der Waals surface area contributed by atoms with E-state index in [9.17, 15) is 9.59 Å². The van der Waals surface area contributed by atoms with E-state index in [0.717, 1.165) is 4.52 Å². The van der Waals surface area contributed by atoms with E-state index in [1.165, 1.54) is 12.1 Å². The molecule has 0 saturated heterocycles. The second-order valence-electron chi connectivity index (χ2n) is 2.40. The highest BCUT2D eigenvalue weighted by molar-refractivity contribution is 6.29. The summed E-state index contributed by atoms with van der Waals surface area (Å²) in [6, 6.07) is 2.81. The van der Waals surface area contributed by atoms with Crippen molar-refractivity contribution in [2.45, 2.75) is 0 Å². The molecule has 2 aromatic rings. The average molecular weight is 215 g/mol. The summed E-state index contributed by atoms with van der Waals surface area (Å²) in [5.41, 5.74) is -0.739. The maximum absolute atomic E-state index is 11.3. The number of rotatable bonds is 0. The summed E-state index contributed by atoms with van der Waals surface area (Å²) in [5, 5.41) is 15.8. The molecule has 0 aliphatic rings. The lowest BCUT2D eigenvalue weighted by molar-refractivity contribution is 0.191. The summed E-state index contributed by atoms with van der Waals surface area (Å²) in [5.74, 6) is 0. The van der Waals surface area contributed by atoms with Crippen molar-refractivity contribution in [3.05, 3.63) is 27.8 Å². The summed E-state index contributed by atoms with van der Waals surface area (Å²) < 4.78 is 1.11. The van der Waals surface area contributed by atoms with Crippen LogP contribution < -0.4 is 5.69 Å². The molecule has 0 atom stereocenters.